The molecule has 0 saturated carbocycles. The summed E-state index contributed by atoms with van der Waals surface area (Å²) in [7, 11) is 0. The summed E-state index contributed by atoms with van der Waals surface area (Å²) in [6.45, 7) is 38.6. The number of furan rings is 1. The summed E-state index contributed by atoms with van der Waals surface area (Å²) in [5.41, 5.74) is 28.4. The van der Waals surface area contributed by atoms with Gasteiger partial charge in [0.05, 0.1) is 17.0 Å². The molecule has 7 aromatic carbocycles. The molecule has 0 unspecified atom stereocenters. The lowest BCUT2D eigenvalue weighted by Gasteiger charge is -2.46. The average molecular weight is 1010 g/mol. The minimum absolute atomic E-state index is 0.00425. The van der Waals surface area contributed by atoms with Gasteiger partial charge in [0.15, 0.2) is 0 Å². The van der Waals surface area contributed by atoms with Crippen molar-refractivity contribution in [1.82, 2.24) is 0 Å². The van der Waals surface area contributed by atoms with Crippen LogP contribution >= 0.6 is 0 Å². The molecule has 3 aliphatic carbocycles. The van der Waals surface area contributed by atoms with E-state index in [1.54, 1.807) is 0 Å². The molecular formula is C73H81BN2O. The Labute approximate surface area is 461 Å². The van der Waals surface area contributed by atoms with Crippen molar-refractivity contribution in [3.05, 3.63) is 172 Å². The van der Waals surface area contributed by atoms with Gasteiger partial charge in [0.2, 0.25) is 0 Å². The first-order valence-corrected chi connectivity index (χ1v) is 29.2. The number of hydrogen-bond acceptors (Lipinski definition) is 3. The van der Waals surface area contributed by atoms with Gasteiger partial charge >= 0.3 is 0 Å². The van der Waals surface area contributed by atoms with Crippen LogP contribution in [0.25, 0.3) is 33.2 Å². The third-order valence-electron chi connectivity index (χ3n) is 20.3. The smallest absolute Gasteiger partial charge is 0.297 e. The van der Waals surface area contributed by atoms with Crippen LogP contribution in [0, 0.1) is 6.92 Å². The number of nitrogens with zero attached hydrogens (tertiary/aromatic N) is 2. The van der Waals surface area contributed by atoms with Crippen molar-refractivity contribution >= 4 is 68.4 Å². The van der Waals surface area contributed by atoms with Crippen LogP contribution in [0.15, 0.2) is 132 Å². The molecule has 0 saturated heterocycles. The molecule has 0 radical (unpaired) electrons. The fraction of sp³-hybridized carbons (Fsp3) is 0.397. The van der Waals surface area contributed by atoms with E-state index >= 15 is 0 Å². The molecular weight excluding hydrogens is 932 g/mol. The zero-order valence-electron chi connectivity index (χ0n) is 49.2. The van der Waals surface area contributed by atoms with Crippen LogP contribution in [-0.2, 0) is 37.9 Å². The van der Waals surface area contributed by atoms with Crippen molar-refractivity contribution in [1.29, 1.82) is 0 Å². The summed E-state index contributed by atoms with van der Waals surface area (Å²) in [5.74, 6) is 0. The lowest BCUT2D eigenvalue weighted by atomic mass is 9.35. The second-order valence-corrected chi connectivity index (χ2v) is 29.4. The monoisotopic (exact) mass is 1010 g/mol. The topological polar surface area (TPSA) is 19.6 Å². The van der Waals surface area contributed by atoms with Crippen molar-refractivity contribution < 1.29 is 4.42 Å². The standard InChI is InChI=1S/C73H81BN2O/c1-44-36-61-64-62(37-44)76(59-42-56-54(70(9,10)32-34-72(56,13)14)40-50(59)46-20-18-17-19-21-46)60-38-47(45-22-25-48(26-23-45)67(2,3)4)24-29-58(60)74(64)66-65(51-41-55-57(43-63(51)77-66)73(15,16)35-33-71(55,11)12)75(61)49-27-28-52-53(39-49)69(7,8)31-30-68(52,5)6/h17-29,36-43H,30-35H2,1-16H3. The Hall–Kier alpha value is -6.26. The highest BCUT2D eigenvalue weighted by Crippen LogP contribution is 2.56. The second kappa shape index (κ2) is 16.4. The molecule has 0 N–H and O–H groups in total. The number of hydrogen-bond donors (Lipinski definition) is 0. The van der Waals surface area contributed by atoms with Crippen LogP contribution in [0.3, 0.4) is 0 Å². The number of rotatable bonds is 4. The van der Waals surface area contributed by atoms with E-state index in [0.29, 0.717) is 0 Å². The molecule has 77 heavy (non-hydrogen) atoms. The Bertz CT molecular complexity index is 3760. The van der Waals surface area contributed by atoms with E-state index in [2.05, 4.69) is 248 Å². The van der Waals surface area contributed by atoms with Crippen LogP contribution in [-0.4, -0.2) is 6.71 Å². The average Bonchev–Trinajstić information content (AvgIpc) is 3.76. The molecule has 392 valence electrons. The SMILES string of the molecule is Cc1cc2c3c(c1)N(c1ccc4c(c1)C(C)(C)CCC4(C)C)c1c(oc4cc5c(cc14)C(C)(C)CCC5(C)C)B3c1ccc(-c3ccc(C(C)(C)C)cc3)cc1N2c1cc2c(cc1-c1ccccc1)C(C)(C)CCC2(C)C. The van der Waals surface area contributed by atoms with Crippen molar-refractivity contribution in [2.24, 2.45) is 0 Å². The molecule has 13 rings (SSSR count). The molecule has 3 nitrogen and oxygen atoms in total. The van der Waals surface area contributed by atoms with E-state index in [1.165, 1.54) is 124 Å². The predicted molar refractivity (Wildman–Crippen MR) is 330 cm³/mol. The Balaban J connectivity index is 1.16. The van der Waals surface area contributed by atoms with E-state index in [0.717, 1.165) is 43.3 Å². The molecule has 3 heterocycles. The van der Waals surface area contributed by atoms with Gasteiger partial charge in [-0.1, -0.05) is 177 Å². The number of aryl methyl sites for hydroxylation is 1. The van der Waals surface area contributed by atoms with E-state index in [-0.39, 0.29) is 44.6 Å². The molecule has 4 heteroatoms. The van der Waals surface area contributed by atoms with Gasteiger partial charge in [-0.25, -0.2) is 0 Å². The van der Waals surface area contributed by atoms with Gasteiger partial charge in [-0.05, 0) is 210 Å². The molecule has 0 amide bonds. The molecule has 2 aliphatic heterocycles. The number of anilines is 6. The van der Waals surface area contributed by atoms with E-state index in [9.17, 15) is 0 Å². The van der Waals surface area contributed by atoms with Crippen LogP contribution in [0.5, 0.6) is 0 Å². The first-order valence-electron chi connectivity index (χ1n) is 29.2. The summed E-state index contributed by atoms with van der Waals surface area (Å²) in [6, 6.07) is 50.7. The molecule has 0 fully saturated rings. The maximum Gasteiger partial charge on any atom is 0.297 e. The molecule has 5 aliphatic rings. The summed E-state index contributed by atoms with van der Waals surface area (Å²) in [4.78, 5) is 5.35. The Morgan fingerprint density at radius 3 is 1.56 bits per heavy atom. The van der Waals surface area contributed by atoms with E-state index < -0.39 is 0 Å². The Morgan fingerprint density at radius 2 is 0.961 bits per heavy atom. The summed E-state index contributed by atoms with van der Waals surface area (Å²) >= 11 is 0. The van der Waals surface area contributed by atoms with Gasteiger partial charge in [-0.3, -0.25) is 0 Å². The fourth-order valence-corrected chi connectivity index (χ4v) is 14.9. The van der Waals surface area contributed by atoms with Crippen LogP contribution < -0.4 is 26.4 Å². The highest BCUT2D eigenvalue weighted by atomic mass is 16.3. The second-order valence-electron chi connectivity index (χ2n) is 29.4. The van der Waals surface area contributed by atoms with Crippen molar-refractivity contribution in [2.45, 2.75) is 187 Å². The molecule has 0 bridgehead atoms. The third kappa shape index (κ3) is 7.64. The maximum absolute atomic E-state index is 7.75. The molecule has 0 atom stereocenters. The van der Waals surface area contributed by atoms with Crippen molar-refractivity contribution in [3.8, 4) is 22.3 Å². The van der Waals surface area contributed by atoms with Crippen LogP contribution in [0.2, 0.25) is 0 Å². The lowest BCUT2D eigenvalue weighted by Crippen LogP contribution is -2.61. The molecule has 0 spiro atoms. The van der Waals surface area contributed by atoms with Gasteiger partial charge in [-0.2, -0.15) is 0 Å². The predicted octanol–water partition coefficient (Wildman–Crippen LogP) is 18.5. The molecule has 8 aromatic rings. The van der Waals surface area contributed by atoms with E-state index in [1.807, 2.05) is 0 Å². The number of fused-ring (bicyclic) bond motifs is 9. The van der Waals surface area contributed by atoms with Crippen molar-refractivity contribution in [2.75, 3.05) is 9.80 Å². The Morgan fingerprint density at radius 1 is 0.442 bits per heavy atom. The van der Waals surface area contributed by atoms with Gasteiger partial charge in [0, 0.05) is 33.7 Å². The first kappa shape index (κ1) is 50.3. The fourth-order valence-electron chi connectivity index (χ4n) is 14.9. The van der Waals surface area contributed by atoms with Crippen molar-refractivity contribution in [3.63, 3.8) is 0 Å². The van der Waals surface area contributed by atoms with Gasteiger partial charge in [0.1, 0.15) is 5.58 Å². The highest BCUT2D eigenvalue weighted by molar-refractivity contribution is 7.00. The summed E-state index contributed by atoms with van der Waals surface area (Å²) in [6.07, 6.45) is 6.93. The minimum atomic E-state index is -0.165. The first-order chi connectivity index (χ1) is 36.2. The zero-order valence-corrected chi connectivity index (χ0v) is 49.2. The number of benzene rings is 7. The van der Waals surface area contributed by atoms with Gasteiger partial charge in [-0.15, -0.1) is 0 Å². The minimum Gasteiger partial charge on any atom is -0.468 e. The molecule has 1 aromatic heterocycles. The van der Waals surface area contributed by atoms with Gasteiger partial charge in [0.25, 0.3) is 6.71 Å². The lowest BCUT2D eigenvalue weighted by molar-refractivity contribution is 0.332. The normalized spacial score (nSPS) is 19.7. The third-order valence-corrected chi connectivity index (χ3v) is 20.3. The quantitative estimate of drug-likeness (QED) is 0.164. The van der Waals surface area contributed by atoms with Gasteiger partial charge < -0.3 is 14.2 Å². The van der Waals surface area contributed by atoms with Crippen LogP contribution in [0.1, 0.15) is 187 Å². The van der Waals surface area contributed by atoms with Crippen LogP contribution in [0.4, 0.5) is 34.1 Å². The van der Waals surface area contributed by atoms with E-state index in [4.69, 9.17) is 4.42 Å². The highest BCUT2D eigenvalue weighted by Gasteiger charge is 2.50. The summed E-state index contributed by atoms with van der Waals surface area (Å²) in [5, 5.41) is 1.21. The summed E-state index contributed by atoms with van der Waals surface area (Å²) < 4.78 is 7.75. The largest absolute Gasteiger partial charge is 0.468 e. The Kier molecular flexibility index (Phi) is 10.7. The maximum atomic E-state index is 7.75. The zero-order chi connectivity index (χ0) is 54.3.